The van der Waals surface area contributed by atoms with Crippen molar-refractivity contribution < 1.29 is 15.0 Å². The van der Waals surface area contributed by atoms with Gasteiger partial charge in [0.25, 0.3) is 0 Å². The van der Waals surface area contributed by atoms with Crippen molar-refractivity contribution in [3.8, 4) is 0 Å². The van der Waals surface area contributed by atoms with E-state index in [0.717, 1.165) is 18.4 Å². The van der Waals surface area contributed by atoms with Crippen LogP contribution in [0.2, 0.25) is 0 Å². The van der Waals surface area contributed by atoms with Crippen molar-refractivity contribution in [2.45, 2.75) is 18.9 Å². The quantitative estimate of drug-likeness (QED) is 0.834. The zero-order valence-corrected chi connectivity index (χ0v) is 9.69. The van der Waals surface area contributed by atoms with E-state index >= 15 is 0 Å². The Kier molecular flexibility index (Phi) is 3.46. The third kappa shape index (κ3) is 2.36. The minimum absolute atomic E-state index is 0.0273. The fourth-order valence-electron chi connectivity index (χ4n) is 2.16. The number of carboxylic acid groups (broad SMARTS) is 1. The molecule has 88 valence electrons. The Hall–Kier alpha value is -1.07. The van der Waals surface area contributed by atoms with E-state index in [1.165, 1.54) is 4.90 Å². The van der Waals surface area contributed by atoms with Crippen LogP contribution in [-0.4, -0.2) is 34.3 Å². The number of hydrogen-bond acceptors (Lipinski definition) is 3. The van der Waals surface area contributed by atoms with Crippen LogP contribution in [-0.2, 0) is 0 Å². The Bertz CT molecular complexity index is 352. The van der Waals surface area contributed by atoms with Gasteiger partial charge in [0.05, 0.1) is 6.10 Å². The molecule has 2 atom stereocenters. The van der Waals surface area contributed by atoms with Crippen molar-refractivity contribution >= 4 is 17.4 Å². The number of thiophene rings is 1. The molecule has 0 aliphatic carbocycles. The Labute approximate surface area is 98.1 Å². The first kappa shape index (κ1) is 11.4. The molecule has 0 aromatic carbocycles. The van der Waals surface area contributed by atoms with Gasteiger partial charge < -0.3 is 15.1 Å². The number of likely N-dealkylation sites (tertiary alicyclic amines) is 1. The van der Waals surface area contributed by atoms with Gasteiger partial charge in [0.1, 0.15) is 0 Å². The summed E-state index contributed by atoms with van der Waals surface area (Å²) >= 11 is 1.55. The SMILES string of the molecule is O=C(O)N1CCCC(C(O)c2ccsc2)C1. The lowest BCUT2D eigenvalue weighted by Gasteiger charge is -2.33. The van der Waals surface area contributed by atoms with E-state index in [1.807, 2.05) is 16.8 Å². The smallest absolute Gasteiger partial charge is 0.407 e. The van der Waals surface area contributed by atoms with Crippen LogP contribution in [0.3, 0.4) is 0 Å². The van der Waals surface area contributed by atoms with Crippen molar-refractivity contribution in [1.29, 1.82) is 0 Å². The van der Waals surface area contributed by atoms with Crippen molar-refractivity contribution in [2.75, 3.05) is 13.1 Å². The van der Waals surface area contributed by atoms with E-state index in [-0.39, 0.29) is 5.92 Å². The third-order valence-electron chi connectivity index (χ3n) is 3.06. The van der Waals surface area contributed by atoms with Gasteiger partial charge in [0.15, 0.2) is 0 Å². The molecule has 1 saturated heterocycles. The molecular formula is C11H15NO3S. The first-order valence-corrected chi connectivity index (χ1v) is 6.31. The lowest BCUT2D eigenvalue weighted by Crippen LogP contribution is -2.40. The number of aliphatic hydroxyl groups excluding tert-OH is 1. The number of carbonyl (C=O) groups is 1. The summed E-state index contributed by atoms with van der Waals surface area (Å²) in [5.41, 5.74) is 0.905. The van der Waals surface area contributed by atoms with Gasteiger partial charge in [-0.2, -0.15) is 11.3 Å². The van der Waals surface area contributed by atoms with Gasteiger partial charge in [-0.25, -0.2) is 4.79 Å². The molecule has 2 N–H and O–H groups in total. The van der Waals surface area contributed by atoms with Gasteiger partial charge in [-0.15, -0.1) is 0 Å². The molecule has 2 rings (SSSR count). The Morgan fingerprint density at radius 1 is 1.62 bits per heavy atom. The van der Waals surface area contributed by atoms with E-state index < -0.39 is 12.2 Å². The summed E-state index contributed by atoms with van der Waals surface area (Å²) in [6, 6.07) is 1.90. The standard InChI is InChI=1S/C11H15NO3S/c13-10(9-3-5-16-7-9)8-2-1-4-12(6-8)11(14)15/h3,5,7-8,10,13H,1-2,4,6H2,(H,14,15). The third-order valence-corrected chi connectivity index (χ3v) is 3.76. The molecule has 1 aliphatic rings. The highest BCUT2D eigenvalue weighted by molar-refractivity contribution is 7.07. The summed E-state index contributed by atoms with van der Waals surface area (Å²) in [6.45, 7) is 1.02. The first-order valence-electron chi connectivity index (χ1n) is 5.36. The molecule has 1 aliphatic heterocycles. The average molecular weight is 241 g/mol. The van der Waals surface area contributed by atoms with Crippen LogP contribution in [0.15, 0.2) is 16.8 Å². The van der Waals surface area contributed by atoms with E-state index in [9.17, 15) is 9.90 Å². The van der Waals surface area contributed by atoms with Crippen LogP contribution < -0.4 is 0 Å². The number of rotatable bonds is 2. The fraction of sp³-hybridized carbons (Fsp3) is 0.545. The van der Waals surface area contributed by atoms with Gasteiger partial charge >= 0.3 is 6.09 Å². The maximum atomic E-state index is 10.9. The van der Waals surface area contributed by atoms with Crippen molar-refractivity contribution in [1.82, 2.24) is 4.90 Å². The van der Waals surface area contributed by atoms with Gasteiger partial charge in [-0.3, -0.25) is 0 Å². The van der Waals surface area contributed by atoms with Crippen molar-refractivity contribution in [2.24, 2.45) is 5.92 Å². The van der Waals surface area contributed by atoms with Crippen LogP contribution in [0, 0.1) is 5.92 Å². The predicted molar refractivity (Wildman–Crippen MR) is 61.6 cm³/mol. The van der Waals surface area contributed by atoms with Crippen LogP contribution >= 0.6 is 11.3 Å². The summed E-state index contributed by atoms with van der Waals surface area (Å²) in [6.07, 6.45) is 0.300. The largest absolute Gasteiger partial charge is 0.465 e. The molecule has 1 fully saturated rings. The number of aliphatic hydroxyl groups is 1. The summed E-state index contributed by atoms with van der Waals surface area (Å²) in [7, 11) is 0. The summed E-state index contributed by atoms with van der Waals surface area (Å²) < 4.78 is 0. The number of hydrogen-bond donors (Lipinski definition) is 2. The van der Waals surface area contributed by atoms with E-state index in [0.29, 0.717) is 13.1 Å². The minimum atomic E-state index is -0.887. The minimum Gasteiger partial charge on any atom is -0.465 e. The molecule has 1 amide bonds. The number of nitrogens with zero attached hydrogens (tertiary/aromatic N) is 1. The van der Waals surface area contributed by atoms with Crippen LogP contribution in [0.25, 0.3) is 0 Å². The van der Waals surface area contributed by atoms with E-state index in [4.69, 9.17) is 5.11 Å². The van der Waals surface area contributed by atoms with Crippen LogP contribution in [0.1, 0.15) is 24.5 Å². The molecule has 1 aromatic rings. The monoisotopic (exact) mass is 241 g/mol. The highest BCUT2D eigenvalue weighted by Gasteiger charge is 2.29. The number of piperidine rings is 1. The van der Waals surface area contributed by atoms with Crippen LogP contribution in [0.5, 0.6) is 0 Å². The summed E-state index contributed by atoms with van der Waals surface area (Å²) in [5.74, 6) is 0.0273. The zero-order valence-electron chi connectivity index (χ0n) is 8.87. The topological polar surface area (TPSA) is 60.8 Å². The van der Waals surface area contributed by atoms with Crippen LogP contribution in [0.4, 0.5) is 4.79 Å². The average Bonchev–Trinajstić information content (AvgIpc) is 2.81. The van der Waals surface area contributed by atoms with Gasteiger partial charge in [-0.05, 0) is 35.2 Å². The fourth-order valence-corrected chi connectivity index (χ4v) is 2.85. The molecule has 0 spiro atoms. The maximum Gasteiger partial charge on any atom is 0.407 e. The molecule has 2 unspecified atom stereocenters. The molecule has 2 heterocycles. The highest BCUT2D eigenvalue weighted by Crippen LogP contribution is 2.30. The Morgan fingerprint density at radius 2 is 2.44 bits per heavy atom. The summed E-state index contributed by atoms with van der Waals surface area (Å²) in [4.78, 5) is 12.2. The van der Waals surface area contributed by atoms with Gasteiger partial charge in [0.2, 0.25) is 0 Å². The second-order valence-electron chi connectivity index (χ2n) is 4.13. The van der Waals surface area contributed by atoms with Gasteiger partial charge in [-0.1, -0.05) is 0 Å². The molecule has 5 heteroatoms. The molecule has 4 nitrogen and oxygen atoms in total. The maximum absolute atomic E-state index is 10.9. The Balaban J connectivity index is 2.01. The molecular weight excluding hydrogens is 226 g/mol. The lowest BCUT2D eigenvalue weighted by molar-refractivity contribution is 0.0505. The Morgan fingerprint density at radius 3 is 3.06 bits per heavy atom. The zero-order chi connectivity index (χ0) is 11.5. The second-order valence-corrected chi connectivity index (χ2v) is 4.91. The number of amides is 1. The van der Waals surface area contributed by atoms with E-state index in [2.05, 4.69) is 0 Å². The van der Waals surface area contributed by atoms with E-state index in [1.54, 1.807) is 11.3 Å². The lowest BCUT2D eigenvalue weighted by atomic mass is 9.90. The first-order chi connectivity index (χ1) is 7.68. The van der Waals surface area contributed by atoms with Gasteiger partial charge in [0, 0.05) is 19.0 Å². The molecule has 0 radical (unpaired) electrons. The molecule has 0 saturated carbocycles. The molecule has 0 bridgehead atoms. The predicted octanol–water partition coefficient (Wildman–Crippen LogP) is 2.17. The highest BCUT2D eigenvalue weighted by atomic mass is 32.1. The molecule has 16 heavy (non-hydrogen) atoms. The molecule has 1 aromatic heterocycles. The van der Waals surface area contributed by atoms with Crippen molar-refractivity contribution in [3.63, 3.8) is 0 Å². The van der Waals surface area contributed by atoms with Crippen molar-refractivity contribution in [3.05, 3.63) is 22.4 Å². The second kappa shape index (κ2) is 4.84. The normalized spacial score (nSPS) is 23.1. The summed E-state index contributed by atoms with van der Waals surface area (Å²) in [5, 5.41) is 22.9.